The topological polar surface area (TPSA) is 6.48 Å². The number of rotatable bonds is 6. The maximum absolute atomic E-state index is 2.64. The van der Waals surface area contributed by atoms with Crippen molar-refractivity contribution in [2.24, 2.45) is 23.7 Å². The summed E-state index contributed by atoms with van der Waals surface area (Å²) in [4.78, 5) is 5.06. The Labute approximate surface area is 354 Å². The summed E-state index contributed by atoms with van der Waals surface area (Å²) < 4.78 is 0. The first-order chi connectivity index (χ1) is 29.5. The lowest BCUT2D eigenvalue weighted by Gasteiger charge is -2.55. The minimum atomic E-state index is -0.0479. The van der Waals surface area contributed by atoms with Gasteiger partial charge in [-0.25, -0.2) is 0 Å². The molecule has 60 heavy (non-hydrogen) atoms. The fourth-order valence-electron chi connectivity index (χ4n) is 12.8. The van der Waals surface area contributed by atoms with Crippen LogP contribution in [-0.4, -0.2) is 0 Å². The second-order valence-corrected chi connectivity index (χ2v) is 18.4. The number of para-hydroxylation sites is 2. The summed E-state index contributed by atoms with van der Waals surface area (Å²) >= 11 is 0. The molecule has 3 aliphatic rings. The lowest BCUT2D eigenvalue weighted by atomic mass is 9.49. The number of aryl methyl sites for hydroxylation is 1. The zero-order valence-electron chi connectivity index (χ0n) is 34.8. The van der Waals surface area contributed by atoms with Crippen LogP contribution in [0.5, 0.6) is 0 Å². The normalized spacial score (nSPS) is 21.7. The molecule has 0 radical (unpaired) electrons. The Balaban J connectivity index is 1.13. The predicted octanol–water partition coefficient (Wildman–Crippen LogP) is 16.2. The first-order valence-corrected chi connectivity index (χ1v) is 22.2. The lowest BCUT2D eigenvalue weighted by molar-refractivity contribution is 0.0429. The zero-order valence-corrected chi connectivity index (χ0v) is 34.8. The van der Waals surface area contributed by atoms with E-state index < -0.39 is 0 Å². The van der Waals surface area contributed by atoms with E-state index in [1.807, 2.05) is 0 Å². The number of benzene rings is 9. The standard InChI is InChI=1S/C58H50N2/c1-37-21-27-46(28-22-37)60(54-20-12-18-48-47-17-10-11-19-51(47)58(57(48)54)39(3)35-40-33-38(2)34-43(58)36-40)53-32-26-42-23-29-49-52(31-25-41-24-30-50(53)56(42)55(41)49)59(44-13-6-4-7-14-44)45-15-8-5-9-16-45/h4-32,38-40,43H,33-36H2,1-3H3. The molecule has 9 aromatic rings. The van der Waals surface area contributed by atoms with Crippen LogP contribution in [0.15, 0.2) is 176 Å². The van der Waals surface area contributed by atoms with Crippen LogP contribution in [0.25, 0.3) is 43.4 Å². The predicted molar refractivity (Wildman–Crippen MR) is 254 cm³/mol. The first-order valence-electron chi connectivity index (χ1n) is 22.2. The third kappa shape index (κ3) is 5.13. The van der Waals surface area contributed by atoms with Gasteiger partial charge in [0, 0.05) is 33.2 Å². The van der Waals surface area contributed by atoms with E-state index in [1.165, 1.54) is 97.4 Å². The summed E-state index contributed by atoms with van der Waals surface area (Å²) in [5, 5.41) is 7.70. The van der Waals surface area contributed by atoms with Crippen molar-refractivity contribution in [3.63, 3.8) is 0 Å². The van der Waals surface area contributed by atoms with E-state index in [4.69, 9.17) is 0 Å². The monoisotopic (exact) mass is 774 g/mol. The fourth-order valence-corrected chi connectivity index (χ4v) is 12.8. The molecule has 0 N–H and O–H groups in total. The van der Waals surface area contributed by atoms with Crippen molar-refractivity contribution in [2.45, 2.75) is 51.9 Å². The Kier molecular flexibility index (Phi) is 8.05. The van der Waals surface area contributed by atoms with Gasteiger partial charge < -0.3 is 9.80 Å². The molecule has 2 heteroatoms. The highest BCUT2D eigenvalue weighted by Gasteiger charge is 2.57. The minimum absolute atomic E-state index is 0.0479. The van der Waals surface area contributed by atoms with Crippen molar-refractivity contribution in [1.29, 1.82) is 0 Å². The van der Waals surface area contributed by atoms with Gasteiger partial charge in [0.25, 0.3) is 0 Å². The fraction of sp³-hybridized carbons (Fsp3) is 0.207. The molecule has 3 aliphatic carbocycles. The Morgan fingerprint density at radius 1 is 0.450 bits per heavy atom. The largest absolute Gasteiger partial charge is 0.310 e. The minimum Gasteiger partial charge on any atom is -0.310 e. The number of hydrogen-bond acceptors (Lipinski definition) is 2. The average molecular weight is 775 g/mol. The van der Waals surface area contributed by atoms with Crippen molar-refractivity contribution >= 4 is 66.4 Å². The molecule has 0 aromatic heterocycles. The van der Waals surface area contributed by atoms with Gasteiger partial charge in [-0.3, -0.25) is 0 Å². The lowest BCUT2D eigenvalue weighted by Crippen LogP contribution is -2.49. The summed E-state index contributed by atoms with van der Waals surface area (Å²) in [6.07, 6.45) is 5.28. The van der Waals surface area contributed by atoms with Crippen LogP contribution in [0.1, 0.15) is 56.2 Å². The maximum atomic E-state index is 2.64. The molecule has 0 saturated heterocycles. The number of fused-ring (bicyclic) bond motifs is 8. The van der Waals surface area contributed by atoms with Crippen LogP contribution in [0.2, 0.25) is 0 Å². The zero-order chi connectivity index (χ0) is 40.1. The van der Waals surface area contributed by atoms with E-state index in [-0.39, 0.29) is 5.41 Å². The first kappa shape index (κ1) is 35.6. The molecule has 1 spiro atoms. The molecule has 2 fully saturated rings. The molecule has 5 atom stereocenters. The molecule has 0 amide bonds. The molecule has 2 saturated carbocycles. The molecular weight excluding hydrogens is 725 g/mol. The van der Waals surface area contributed by atoms with E-state index in [0.717, 1.165) is 23.2 Å². The van der Waals surface area contributed by atoms with Crippen molar-refractivity contribution in [1.82, 2.24) is 0 Å². The molecule has 0 heterocycles. The number of anilines is 6. The van der Waals surface area contributed by atoms with Crippen LogP contribution < -0.4 is 9.80 Å². The van der Waals surface area contributed by atoms with Crippen LogP contribution in [0.4, 0.5) is 34.1 Å². The van der Waals surface area contributed by atoms with Gasteiger partial charge in [0.1, 0.15) is 0 Å². The highest BCUT2D eigenvalue weighted by atomic mass is 15.2. The average Bonchev–Trinajstić information content (AvgIpc) is 3.59. The quantitative estimate of drug-likeness (QED) is 0.155. The van der Waals surface area contributed by atoms with Crippen LogP contribution in [-0.2, 0) is 5.41 Å². The van der Waals surface area contributed by atoms with Crippen LogP contribution in [0, 0.1) is 30.6 Å². The second kappa shape index (κ2) is 13.6. The highest BCUT2D eigenvalue weighted by molar-refractivity contribution is 6.28. The number of nitrogens with zero attached hydrogens (tertiary/aromatic N) is 2. The van der Waals surface area contributed by atoms with Crippen LogP contribution >= 0.6 is 0 Å². The summed E-state index contributed by atoms with van der Waals surface area (Å²) in [7, 11) is 0. The molecule has 12 rings (SSSR count). The Bertz CT molecular complexity index is 3020. The van der Waals surface area contributed by atoms with E-state index in [9.17, 15) is 0 Å². The second-order valence-electron chi connectivity index (χ2n) is 18.4. The van der Waals surface area contributed by atoms with Crippen molar-refractivity contribution < 1.29 is 0 Å². The third-order valence-corrected chi connectivity index (χ3v) is 14.9. The van der Waals surface area contributed by atoms with Gasteiger partial charge in [-0.2, -0.15) is 0 Å². The summed E-state index contributed by atoms with van der Waals surface area (Å²) in [5.74, 6) is 2.71. The smallest absolute Gasteiger partial charge is 0.0540 e. The van der Waals surface area contributed by atoms with Gasteiger partial charge in [0.05, 0.1) is 17.1 Å². The van der Waals surface area contributed by atoms with Gasteiger partial charge >= 0.3 is 0 Å². The van der Waals surface area contributed by atoms with Gasteiger partial charge in [-0.05, 0) is 155 Å². The molecule has 2 nitrogen and oxygen atoms in total. The third-order valence-electron chi connectivity index (χ3n) is 14.9. The molecule has 5 unspecified atom stereocenters. The van der Waals surface area contributed by atoms with E-state index in [0.29, 0.717) is 11.8 Å². The van der Waals surface area contributed by atoms with E-state index in [2.05, 4.69) is 206 Å². The Morgan fingerprint density at radius 3 is 1.68 bits per heavy atom. The SMILES string of the molecule is Cc1ccc(N(c2cccc3c2C2(c4ccccc4-3)C(C)CC3CC(C)CC2C3)c2ccc3ccc4c(N(c5ccccc5)c5ccccc5)ccc5ccc2c3c54)cc1. The van der Waals surface area contributed by atoms with E-state index in [1.54, 1.807) is 11.1 Å². The van der Waals surface area contributed by atoms with E-state index >= 15 is 0 Å². The maximum Gasteiger partial charge on any atom is 0.0540 e. The molecular formula is C58H50N2. The Morgan fingerprint density at radius 2 is 1.02 bits per heavy atom. The number of hydrogen-bond donors (Lipinski definition) is 0. The van der Waals surface area contributed by atoms with Crippen LogP contribution in [0.3, 0.4) is 0 Å². The molecule has 0 aliphatic heterocycles. The van der Waals surface area contributed by atoms with Crippen molar-refractivity contribution in [3.05, 3.63) is 193 Å². The summed E-state index contributed by atoms with van der Waals surface area (Å²) in [6, 6.07) is 66.4. The molecule has 2 bridgehead atoms. The van der Waals surface area contributed by atoms with Gasteiger partial charge in [-0.15, -0.1) is 0 Å². The summed E-state index contributed by atoms with van der Waals surface area (Å²) in [6.45, 7) is 7.31. The van der Waals surface area contributed by atoms with Gasteiger partial charge in [-0.1, -0.05) is 141 Å². The van der Waals surface area contributed by atoms with Gasteiger partial charge in [0.15, 0.2) is 0 Å². The van der Waals surface area contributed by atoms with Gasteiger partial charge in [0.2, 0.25) is 0 Å². The van der Waals surface area contributed by atoms with Crippen molar-refractivity contribution in [3.8, 4) is 11.1 Å². The van der Waals surface area contributed by atoms with Crippen molar-refractivity contribution in [2.75, 3.05) is 9.80 Å². The Hall–Kier alpha value is -6.38. The molecule has 9 aromatic carbocycles. The highest BCUT2D eigenvalue weighted by Crippen LogP contribution is 2.67. The summed E-state index contributed by atoms with van der Waals surface area (Å²) in [5.41, 5.74) is 14.4. The molecule has 292 valence electrons.